The van der Waals surface area contributed by atoms with E-state index in [-0.39, 0.29) is 0 Å². The van der Waals surface area contributed by atoms with Crippen LogP contribution in [-0.4, -0.2) is 36.1 Å². The number of nitrogens with one attached hydrogen (secondary N) is 1. The van der Waals surface area contributed by atoms with Crippen LogP contribution in [0.5, 0.6) is 0 Å². The maximum absolute atomic E-state index is 5.64. The summed E-state index contributed by atoms with van der Waals surface area (Å²) in [4.78, 5) is 2.54. The number of nitrogens with zero attached hydrogens (tertiary/aromatic N) is 1. The first-order valence-electron chi connectivity index (χ1n) is 6.71. The van der Waals surface area contributed by atoms with Crippen LogP contribution < -0.4 is 5.32 Å². The van der Waals surface area contributed by atoms with Crippen LogP contribution in [0.15, 0.2) is 0 Å². The number of piperazine rings is 1. The van der Waals surface area contributed by atoms with Crippen molar-refractivity contribution in [3.8, 4) is 12.3 Å². The second-order valence-electron chi connectivity index (χ2n) is 4.74. The molecule has 0 aromatic carbocycles. The Hall–Kier alpha value is -0.520. The normalized spacial score (nSPS) is 28.6. The van der Waals surface area contributed by atoms with Gasteiger partial charge in [0.15, 0.2) is 0 Å². The van der Waals surface area contributed by atoms with Crippen molar-refractivity contribution < 1.29 is 0 Å². The molecule has 0 aromatic rings. The predicted molar refractivity (Wildman–Crippen MR) is 70.4 cm³/mol. The molecule has 1 aliphatic rings. The fourth-order valence-electron chi connectivity index (χ4n) is 2.64. The van der Waals surface area contributed by atoms with E-state index in [0.29, 0.717) is 18.1 Å². The second-order valence-corrected chi connectivity index (χ2v) is 4.74. The maximum atomic E-state index is 5.64. The standard InChI is InChI=1S/C14H26N2/c1-5-9-12-11-16(13(6-2)7-3)14(8-4)10-15-12/h2,12-15H,5,7-11H2,1,3-4H3. The third-order valence-corrected chi connectivity index (χ3v) is 3.63. The molecule has 3 unspecified atom stereocenters. The van der Waals surface area contributed by atoms with Gasteiger partial charge in [-0.2, -0.15) is 0 Å². The highest BCUT2D eigenvalue weighted by Gasteiger charge is 2.29. The Labute approximate surface area is 101 Å². The summed E-state index contributed by atoms with van der Waals surface area (Å²) in [6, 6.07) is 1.58. The first kappa shape index (κ1) is 13.5. The zero-order chi connectivity index (χ0) is 12.0. The Morgan fingerprint density at radius 1 is 1.44 bits per heavy atom. The molecule has 0 aliphatic carbocycles. The van der Waals surface area contributed by atoms with Gasteiger partial charge in [-0.25, -0.2) is 0 Å². The van der Waals surface area contributed by atoms with Crippen LogP contribution in [0.25, 0.3) is 0 Å². The first-order valence-corrected chi connectivity index (χ1v) is 6.71. The Kier molecular flexibility index (Phi) is 5.87. The number of hydrogen-bond acceptors (Lipinski definition) is 2. The highest BCUT2D eigenvalue weighted by atomic mass is 15.2. The first-order chi connectivity index (χ1) is 7.76. The van der Waals surface area contributed by atoms with Crippen molar-refractivity contribution in [3.05, 3.63) is 0 Å². The van der Waals surface area contributed by atoms with Gasteiger partial charge in [0.05, 0.1) is 6.04 Å². The predicted octanol–water partition coefficient (Wildman–Crippen LogP) is 2.25. The molecule has 2 nitrogen and oxygen atoms in total. The van der Waals surface area contributed by atoms with Gasteiger partial charge in [0.25, 0.3) is 0 Å². The van der Waals surface area contributed by atoms with Gasteiger partial charge in [0.2, 0.25) is 0 Å². The molecule has 1 saturated heterocycles. The van der Waals surface area contributed by atoms with E-state index in [9.17, 15) is 0 Å². The van der Waals surface area contributed by atoms with Gasteiger partial charge < -0.3 is 5.32 Å². The minimum atomic E-state index is 0.325. The van der Waals surface area contributed by atoms with Crippen LogP contribution >= 0.6 is 0 Å². The number of rotatable bonds is 5. The van der Waals surface area contributed by atoms with Crippen LogP contribution in [-0.2, 0) is 0 Å². The lowest BCUT2D eigenvalue weighted by Crippen LogP contribution is -2.58. The number of terminal acetylenes is 1. The minimum absolute atomic E-state index is 0.325. The van der Waals surface area contributed by atoms with E-state index < -0.39 is 0 Å². The van der Waals surface area contributed by atoms with Crippen molar-refractivity contribution in [2.24, 2.45) is 0 Å². The molecule has 1 N–H and O–H groups in total. The monoisotopic (exact) mass is 222 g/mol. The third kappa shape index (κ3) is 3.23. The molecule has 1 rings (SSSR count). The van der Waals surface area contributed by atoms with Gasteiger partial charge in [-0.1, -0.05) is 33.1 Å². The summed E-state index contributed by atoms with van der Waals surface area (Å²) in [7, 11) is 0. The van der Waals surface area contributed by atoms with Crippen molar-refractivity contribution in [2.45, 2.75) is 64.6 Å². The molecule has 92 valence electrons. The smallest absolute Gasteiger partial charge is 0.0712 e. The van der Waals surface area contributed by atoms with Gasteiger partial charge in [-0.3, -0.25) is 4.90 Å². The van der Waals surface area contributed by atoms with Crippen LogP contribution in [0.3, 0.4) is 0 Å². The molecule has 1 aliphatic heterocycles. The average molecular weight is 222 g/mol. The molecule has 16 heavy (non-hydrogen) atoms. The van der Waals surface area contributed by atoms with Gasteiger partial charge >= 0.3 is 0 Å². The molecule has 0 amide bonds. The fraction of sp³-hybridized carbons (Fsp3) is 0.857. The lowest BCUT2D eigenvalue weighted by atomic mass is 10.0. The van der Waals surface area contributed by atoms with Crippen molar-refractivity contribution in [1.82, 2.24) is 10.2 Å². The minimum Gasteiger partial charge on any atom is -0.311 e. The maximum Gasteiger partial charge on any atom is 0.0712 e. The molecule has 0 spiro atoms. The summed E-state index contributed by atoms with van der Waals surface area (Å²) in [6.45, 7) is 8.90. The molecule has 0 bridgehead atoms. The Balaban J connectivity index is 2.63. The second kappa shape index (κ2) is 6.93. The van der Waals surface area contributed by atoms with Crippen LogP contribution in [0.1, 0.15) is 46.5 Å². The lowest BCUT2D eigenvalue weighted by molar-refractivity contribution is 0.0974. The Morgan fingerprint density at radius 3 is 2.69 bits per heavy atom. The van der Waals surface area contributed by atoms with E-state index in [1.54, 1.807) is 0 Å². The summed E-state index contributed by atoms with van der Waals surface area (Å²) in [5, 5.41) is 3.64. The van der Waals surface area contributed by atoms with Crippen LogP contribution in [0.4, 0.5) is 0 Å². The zero-order valence-electron chi connectivity index (χ0n) is 11.0. The molecule has 0 radical (unpaired) electrons. The third-order valence-electron chi connectivity index (χ3n) is 3.63. The molecular formula is C14H26N2. The summed E-state index contributed by atoms with van der Waals surface area (Å²) < 4.78 is 0. The molecule has 0 saturated carbocycles. The molecule has 1 heterocycles. The molecule has 1 fully saturated rings. The van der Waals surface area contributed by atoms with Crippen molar-refractivity contribution >= 4 is 0 Å². The Bertz CT molecular complexity index is 231. The van der Waals surface area contributed by atoms with Crippen LogP contribution in [0.2, 0.25) is 0 Å². The number of hydrogen-bond donors (Lipinski definition) is 1. The molecule has 0 aromatic heterocycles. The van der Waals surface area contributed by atoms with Gasteiger partial charge in [-0.15, -0.1) is 6.42 Å². The summed E-state index contributed by atoms with van der Waals surface area (Å²) in [6.07, 6.45) is 10.4. The quantitative estimate of drug-likeness (QED) is 0.718. The lowest BCUT2D eigenvalue weighted by Gasteiger charge is -2.42. The molecule has 2 heteroatoms. The topological polar surface area (TPSA) is 15.3 Å². The summed E-state index contributed by atoms with van der Waals surface area (Å²) in [5.74, 6) is 2.95. The van der Waals surface area contributed by atoms with Crippen molar-refractivity contribution in [1.29, 1.82) is 0 Å². The largest absolute Gasteiger partial charge is 0.311 e. The van der Waals surface area contributed by atoms with Crippen molar-refractivity contribution in [3.63, 3.8) is 0 Å². The molecular weight excluding hydrogens is 196 g/mol. The fourth-order valence-corrected chi connectivity index (χ4v) is 2.64. The van der Waals surface area contributed by atoms with Gasteiger partial charge in [0, 0.05) is 25.2 Å². The van der Waals surface area contributed by atoms with Crippen LogP contribution in [0, 0.1) is 12.3 Å². The van der Waals surface area contributed by atoms with E-state index in [1.807, 2.05) is 0 Å². The zero-order valence-corrected chi connectivity index (χ0v) is 11.0. The van der Waals surface area contributed by atoms with Gasteiger partial charge in [-0.05, 0) is 19.3 Å². The highest BCUT2D eigenvalue weighted by molar-refractivity contribution is 5.03. The van der Waals surface area contributed by atoms with Crippen molar-refractivity contribution in [2.75, 3.05) is 13.1 Å². The van der Waals surface area contributed by atoms with E-state index in [0.717, 1.165) is 19.5 Å². The van der Waals surface area contributed by atoms with E-state index in [2.05, 4.69) is 36.9 Å². The molecule has 3 atom stereocenters. The van der Waals surface area contributed by atoms with Gasteiger partial charge in [0.1, 0.15) is 0 Å². The average Bonchev–Trinajstić information content (AvgIpc) is 2.31. The van der Waals surface area contributed by atoms with E-state index in [1.165, 1.54) is 19.3 Å². The summed E-state index contributed by atoms with van der Waals surface area (Å²) >= 11 is 0. The SMILES string of the molecule is C#CC(CC)N1CC(CCC)NCC1CC. The highest BCUT2D eigenvalue weighted by Crippen LogP contribution is 2.17. The Morgan fingerprint density at radius 2 is 2.19 bits per heavy atom. The summed E-state index contributed by atoms with van der Waals surface area (Å²) in [5.41, 5.74) is 0. The van der Waals surface area contributed by atoms with E-state index in [4.69, 9.17) is 6.42 Å². The van der Waals surface area contributed by atoms with E-state index >= 15 is 0 Å².